The molecule has 0 aromatic rings. The van der Waals surface area contributed by atoms with Crippen LogP contribution in [-0.4, -0.2) is 17.0 Å². The van der Waals surface area contributed by atoms with Crippen LogP contribution in [0.1, 0.15) is 32.6 Å². The average molecular weight is 166 g/mol. The van der Waals surface area contributed by atoms with Crippen LogP contribution >= 0.6 is 0 Å². The summed E-state index contributed by atoms with van der Waals surface area (Å²) in [5.74, 6) is 0.184. The molecule has 0 aromatic carbocycles. The zero-order chi connectivity index (χ0) is 8.77. The molecule has 66 valence electrons. The summed E-state index contributed by atoms with van der Waals surface area (Å²) in [4.78, 5) is 11.1. The predicted octanol–water partition coefficient (Wildman–Crippen LogP) is 1.44. The minimum atomic E-state index is -0.348. The van der Waals surface area contributed by atoms with E-state index < -0.39 is 0 Å². The van der Waals surface area contributed by atoms with Gasteiger partial charge in [-0.15, -0.1) is 0 Å². The maximum atomic E-state index is 11.1. The van der Waals surface area contributed by atoms with E-state index in [2.05, 4.69) is 6.92 Å². The summed E-state index contributed by atoms with van der Waals surface area (Å²) in [7, 11) is 0. The molecule has 2 aliphatic carbocycles. The molecule has 0 amide bonds. The van der Waals surface area contributed by atoms with Gasteiger partial charge in [-0.2, -0.15) is 0 Å². The standard InChI is InChI=1S/C10H14O2/c1-10-4-2-7(11)6-8(10)9(12)3-5-10/h6,9,12H,2-5H2,1H3/t9-,10-/m1/s1. The molecule has 0 spiro atoms. The molecule has 1 N–H and O–H groups in total. The SMILES string of the molecule is C[C@]12CCC(=O)C=C1[C@H](O)CC2. The minimum Gasteiger partial charge on any atom is -0.389 e. The summed E-state index contributed by atoms with van der Waals surface area (Å²) in [6.45, 7) is 2.15. The van der Waals surface area contributed by atoms with E-state index in [0.29, 0.717) is 6.42 Å². The van der Waals surface area contributed by atoms with Gasteiger partial charge < -0.3 is 5.11 Å². The van der Waals surface area contributed by atoms with Gasteiger partial charge in [0, 0.05) is 6.42 Å². The van der Waals surface area contributed by atoms with Crippen molar-refractivity contribution in [3.63, 3.8) is 0 Å². The van der Waals surface area contributed by atoms with Crippen molar-refractivity contribution < 1.29 is 9.90 Å². The highest BCUT2D eigenvalue weighted by Gasteiger charge is 2.41. The fraction of sp³-hybridized carbons (Fsp3) is 0.700. The molecule has 0 bridgehead atoms. The van der Waals surface area contributed by atoms with Crippen LogP contribution in [0.4, 0.5) is 0 Å². The van der Waals surface area contributed by atoms with Crippen LogP contribution < -0.4 is 0 Å². The summed E-state index contributed by atoms with van der Waals surface area (Å²) >= 11 is 0. The predicted molar refractivity (Wildman–Crippen MR) is 45.7 cm³/mol. The molecule has 12 heavy (non-hydrogen) atoms. The van der Waals surface area contributed by atoms with E-state index in [0.717, 1.165) is 24.8 Å². The molecule has 2 nitrogen and oxygen atoms in total. The second-order valence-electron chi connectivity index (χ2n) is 4.18. The van der Waals surface area contributed by atoms with Gasteiger partial charge in [-0.1, -0.05) is 6.92 Å². The van der Waals surface area contributed by atoms with Gasteiger partial charge >= 0.3 is 0 Å². The smallest absolute Gasteiger partial charge is 0.155 e. The molecule has 0 unspecified atom stereocenters. The number of hydrogen-bond donors (Lipinski definition) is 1. The monoisotopic (exact) mass is 166 g/mol. The molecule has 2 atom stereocenters. The first-order valence-electron chi connectivity index (χ1n) is 4.55. The van der Waals surface area contributed by atoms with Crippen LogP contribution in [0.15, 0.2) is 11.6 Å². The van der Waals surface area contributed by atoms with E-state index in [1.54, 1.807) is 6.08 Å². The van der Waals surface area contributed by atoms with Crippen molar-refractivity contribution in [1.82, 2.24) is 0 Å². The number of ketones is 1. The summed E-state index contributed by atoms with van der Waals surface area (Å²) in [5, 5.41) is 9.59. The number of aliphatic hydroxyl groups is 1. The molecule has 0 heterocycles. The van der Waals surface area contributed by atoms with Crippen LogP contribution in [0.3, 0.4) is 0 Å². The summed E-state index contributed by atoms with van der Waals surface area (Å²) in [6, 6.07) is 0. The minimum absolute atomic E-state index is 0.132. The molecule has 1 fully saturated rings. The molecule has 0 radical (unpaired) electrons. The Morgan fingerprint density at radius 1 is 1.58 bits per heavy atom. The van der Waals surface area contributed by atoms with Crippen molar-refractivity contribution in [2.75, 3.05) is 0 Å². The van der Waals surface area contributed by atoms with Crippen molar-refractivity contribution >= 4 is 5.78 Å². The first-order chi connectivity index (χ1) is 5.62. The molecule has 0 aliphatic heterocycles. The summed E-state index contributed by atoms with van der Waals surface area (Å²) in [5.41, 5.74) is 1.12. The van der Waals surface area contributed by atoms with E-state index in [-0.39, 0.29) is 17.3 Å². The topological polar surface area (TPSA) is 37.3 Å². The van der Waals surface area contributed by atoms with E-state index >= 15 is 0 Å². The molecule has 0 saturated heterocycles. The molecular formula is C10H14O2. The first-order valence-corrected chi connectivity index (χ1v) is 4.55. The third-order valence-corrected chi connectivity index (χ3v) is 3.27. The van der Waals surface area contributed by atoms with Crippen molar-refractivity contribution in [2.45, 2.75) is 38.7 Å². The average Bonchev–Trinajstić information content (AvgIpc) is 2.31. The van der Waals surface area contributed by atoms with Gasteiger partial charge in [-0.05, 0) is 36.3 Å². The zero-order valence-electron chi connectivity index (χ0n) is 7.34. The van der Waals surface area contributed by atoms with Crippen molar-refractivity contribution in [3.8, 4) is 0 Å². The lowest BCUT2D eigenvalue weighted by atomic mass is 9.75. The molecular weight excluding hydrogens is 152 g/mol. The Balaban J connectivity index is 2.38. The van der Waals surface area contributed by atoms with Crippen molar-refractivity contribution in [3.05, 3.63) is 11.6 Å². The zero-order valence-corrected chi connectivity index (χ0v) is 7.34. The number of hydrogen-bond acceptors (Lipinski definition) is 2. The van der Waals surface area contributed by atoms with Gasteiger partial charge in [0.2, 0.25) is 0 Å². The highest BCUT2D eigenvalue weighted by atomic mass is 16.3. The number of rotatable bonds is 0. The second-order valence-corrected chi connectivity index (χ2v) is 4.18. The number of fused-ring (bicyclic) bond motifs is 1. The summed E-state index contributed by atoms with van der Waals surface area (Å²) in [6.07, 6.45) is 4.77. The molecule has 2 rings (SSSR count). The Morgan fingerprint density at radius 2 is 2.33 bits per heavy atom. The summed E-state index contributed by atoms with van der Waals surface area (Å²) < 4.78 is 0. The number of allylic oxidation sites excluding steroid dienone is 1. The lowest BCUT2D eigenvalue weighted by Crippen LogP contribution is -2.24. The normalized spacial score (nSPS) is 41.0. The first kappa shape index (κ1) is 7.99. The molecule has 2 aliphatic rings. The number of carbonyl (C=O) groups is 1. The van der Waals surface area contributed by atoms with Crippen molar-refractivity contribution in [1.29, 1.82) is 0 Å². The second kappa shape index (κ2) is 2.43. The highest BCUT2D eigenvalue weighted by molar-refractivity contribution is 5.91. The lowest BCUT2D eigenvalue weighted by molar-refractivity contribution is -0.115. The molecule has 2 heteroatoms. The third kappa shape index (κ3) is 1.02. The van der Waals surface area contributed by atoms with Gasteiger partial charge in [0.1, 0.15) is 0 Å². The number of aliphatic hydroxyl groups excluding tert-OH is 1. The number of carbonyl (C=O) groups excluding carboxylic acids is 1. The van der Waals surface area contributed by atoms with E-state index in [4.69, 9.17) is 0 Å². The van der Waals surface area contributed by atoms with E-state index in [1.165, 1.54) is 0 Å². The maximum Gasteiger partial charge on any atom is 0.155 e. The Bertz CT molecular complexity index is 255. The van der Waals surface area contributed by atoms with Crippen LogP contribution in [0, 0.1) is 5.41 Å². The molecule has 0 aromatic heterocycles. The van der Waals surface area contributed by atoms with Crippen LogP contribution in [0.25, 0.3) is 0 Å². The van der Waals surface area contributed by atoms with Gasteiger partial charge in [-0.25, -0.2) is 0 Å². The molecule has 1 saturated carbocycles. The van der Waals surface area contributed by atoms with Crippen molar-refractivity contribution in [2.24, 2.45) is 5.41 Å². The van der Waals surface area contributed by atoms with Gasteiger partial charge in [0.15, 0.2) is 5.78 Å². The van der Waals surface area contributed by atoms with Gasteiger partial charge in [0.05, 0.1) is 6.10 Å². The van der Waals surface area contributed by atoms with E-state index in [9.17, 15) is 9.90 Å². The lowest BCUT2D eigenvalue weighted by Gasteiger charge is -2.29. The van der Waals surface area contributed by atoms with Gasteiger partial charge in [0.25, 0.3) is 0 Å². The van der Waals surface area contributed by atoms with Gasteiger partial charge in [-0.3, -0.25) is 4.79 Å². The largest absolute Gasteiger partial charge is 0.389 e. The third-order valence-electron chi connectivity index (χ3n) is 3.27. The highest BCUT2D eigenvalue weighted by Crippen LogP contribution is 2.48. The fourth-order valence-electron chi connectivity index (χ4n) is 2.34. The Morgan fingerprint density at radius 3 is 3.08 bits per heavy atom. The Hall–Kier alpha value is -0.630. The Kier molecular flexibility index (Phi) is 1.62. The quantitative estimate of drug-likeness (QED) is 0.591. The maximum absolute atomic E-state index is 11.1. The van der Waals surface area contributed by atoms with Crippen LogP contribution in [0.2, 0.25) is 0 Å². The van der Waals surface area contributed by atoms with E-state index in [1.807, 2.05) is 0 Å². The van der Waals surface area contributed by atoms with Crippen LogP contribution in [-0.2, 0) is 4.79 Å². The van der Waals surface area contributed by atoms with Crippen LogP contribution in [0.5, 0.6) is 0 Å². The fourth-order valence-corrected chi connectivity index (χ4v) is 2.34. The Labute approximate surface area is 72.3 Å².